The third-order valence-electron chi connectivity index (χ3n) is 2.79. The molecule has 2 rings (SSSR count). The van der Waals surface area contributed by atoms with Gasteiger partial charge in [0.1, 0.15) is 0 Å². The van der Waals surface area contributed by atoms with Gasteiger partial charge >= 0.3 is 0 Å². The summed E-state index contributed by atoms with van der Waals surface area (Å²) in [6, 6.07) is 2.18. The zero-order valence-corrected chi connectivity index (χ0v) is 9.37. The first-order valence-electron chi connectivity index (χ1n) is 5.73. The Morgan fingerprint density at radius 3 is 2.80 bits per heavy atom. The maximum absolute atomic E-state index is 4.19. The van der Waals surface area contributed by atoms with Crippen molar-refractivity contribution in [1.29, 1.82) is 0 Å². The normalized spacial score (nSPS) is 17.9. The number of hydrogen-bond acceptors (Lipinski definition) is 3. The van der Waals surface area contributed by atoms with Gasteiger partial charge in [-0.25, -0.2) is 5.01 Å². The van der Waals surface area contributed by atoms with Crippen LogP contribution in [0.3, 0.4) is 0 Å². The molecule has 1 N–H and O–H groups in total. The van der Waals surface area contributed by atoms with E-state index in [-0.39, 0.29) is 0 Å². The van der Waals surface area contributed by atoms with Gasteiger partial charge in [-0.2, -0.15) is 0 Å². The molecule has 0 aliphatic carbocycles. The lowest BCUT2D eigenvalue weighted by molar-refractivity contribution is 0.151. The topological polar surface area (TPSA) is 28.2 Å². The number of aryl methyl sites for hydroxylation is 1. The van der Waals surface area contributed by atoms with Gasteiger partial charge in [0.25, 0.3) is 0 Å². The van der Waals surface area contributed by atoms with Crippen molar-refractivity contribution in [2.45, 2.75) is 32.7 Å². The second kappa shape index (κ2) is 5.24. The molecule has 82 valence electrons. The fraction of sp³-hybridized carbons (Fsp3) is 0.583. The Morgan fingerprint density at radius 1 is 1.27 bits per heavy atom. The van der Waals surface area contributed by atoms with Gasteiger partial charge in [-0.3, -0.25) is 10.4 Å². The van der Waals surface area contributed by atoms with Gasteiger partial charge < -0.3 is 0 Å². The monoisotopic (exact) mass is 205 g/mol. The lowest BCUT2D eigenvalue weighted by Crippen LogP contribution is -2.41. The van der Waals surface area contributed by atoms with Crippen molar-refractivity contribution in [2.75, 3.05) is 13.1 Å². The summed E-state index contributed by atoms with van der Waals surface area (Å²) < 4.78 is 0. The molecule has 0 amide bonds. The van der Waals surface area contributed by atoms with E-state index in [2.05, 4.69) is 28.4 Å². The van der Waals surface area contributed by atoms with E-state index in [0.717, 1.165) is 6.54 Å². The van der Waals surface area contributed by atoms with Crippen molar-refractivity contribution >= 4 is 0 Å². The Morgan fingerprint density at radius 2 is 2.07 bits per heavy atom. The molecular weight excluding hydrogens is 186 g/mol. The molecule has 0 saturated carbocycles. The van der Waals surface area contributed by atoms with Crippen LogP contribution in [0.15, 0.2) is 18.5 Å². The number of hydrazine groups is 1. The van der Waals surface area contributed by atoms with E-state index in [1.54, 1.807) is 0 Å². The van der Waals surface area contributed by atoms with Gasteiger partial charge in [0.05, 0.1) is 0 Å². The van der Waals surface area contributed by atoms with E-state index in [0.29, 0.717) is 0 Å². The summed E-state index contributed by atoms with van der Waals surface area (Å²) in [6.07, 6.45) is 7.84. The Kier molecular flexibility index (Phi) is 3.69. The van der Waals surface area contributed by atoms with Crippen molar-refractivity contribution in [3.63, 3.8) is 0 Å². The predicted octanol–water partition coefficient (Wildman–Crippen LogP) is 1.88. The summed E-state index contributed by atoms with van der Waals surface area (Å²) in [5.74, 6) is 0. The van der Waals surface area contributed by atoms with Crippen molar-refractivity contribution in [3.8, 4) is 0 Å². The highest BCUT2D eigenvalue weighted by Crippen LogP contribution is 2.07. The average Bonchev–Trinajstić information content (AvgIpc) is 2.28. The van der Waals surface area contributed by atoms with E-state index < -0.39 is 0 Å². The molecule has 1 aliphatic rings. The number of piperidine rings is 1. The van der Waals surface area contributed by atoms with Crippen molar-refractivity contribution in [3.05, 3.63) is 29.6 Å². The maximum atomic E-state index is 4.19. The number of rotatable bonds is 3. The summed E-state index contributed by atoms with van der Waals surface area (Å²) in [5.41, 5.74) is 5.95. The summed E-state index contributed by atoms with van der Waals surface area (Å²) in [7, 11) is 0. The van der Waals surface area contributed by atoms with Crippen LogP contribution in [0.1, 0.15) is 30.4 Å². The molecule has 0 spiro atoms. The van der Waals surface area contributed by atoms with Crippen LogP contribution in [0.25, 0.3) is 0 Å². The molecule has 1 aliphatic heterocycles. The molecule has 1 aromatic heterocycles. The van der Waals surface area contributed by atoms with E-state index in [4.69, 9.17) is 0 Å². The number of pyridine rings is 1. The summed E-state index contributed by atoms with van der Waals surface area (Å²) >= 11 is 0. The van der Waals surface area contributed by atoms with Crippen LogP contribution in [0.5, 0.6) is 0 Å². The first kappa shape index (κ1) is 10.6. The van der Waals surface area contributed by atoms with E-state index in [1.807, 2.05) is 12.4 Å². The minimum atomic E-state index is 0.898. The summed E-state index contributed by atoms with van der Waals surface area (Å²) in [4.78, 5) is 4.19. The minimum Gasteiger partial charge on any atom is -0.264 e. The molecular formula is C12H19N3. The standard InChI is InChI=1S/C12H19N3/c1-11-7-12(9-13-8-11)10-14-15-5-3-2-4-6-15/h7-9,14H,2-6,10H2,1H3. The van der Waals surface area contributed by atoms with Gasteiger partial charge in [-0.15, -0.1) is 0 Å². The van der Waals surface area contributed by atoms with Crippen molar-refractivity contribution in [2.24, 2.45) is 0 Å². The molecule has 3 nitrogen and oxygen atoms in total. The fourth-order valence-corrected chi connectivity index (χ4v) is 1.97. The van der Waals surface area contributed by atoms with E-state index >= 15 is 0 Å². The molecule has 0 bridgehead atoms. The van der Waals surface area contributed by atoms with E-state index in [1.165, 1.54) is 43.5 Å². The Bertz CT molecular complexity index is 305. The second-order valence-corrected chi connectivity index (χ2v) is 4.25. The Labute approximate surface area is 91.5 Å². The zero-order chi connectivity index (χ0) is 10.5. The second-order valence-electron chi connectivity index (χ2n) is 4.25. The number of nitrogens with one attached hydrogen (secondary N) is 1. The Hall–Kier alpha value is -0.930. The molecule has 1 fully saturated rings. The third kappa shape index (κ3) is 3.29. The van der Waals surface area contributed by atoms with E-state index in [9.17, 15) is 0 Å². The minimum absolute atomic E-state index is 0.898. The molecule has 1 saturated heterocycles. The molecule has 1 aromatic rings. The van der Waals surface area contributed by atoms with Crippen LogP contribution in [0.2, 0.25) is 0 Å². The SMILES string of the molecule is Cc1cncc(CNN2CCCCC2)c1. The number of aromatic nitrogens is 1. The quantitative estimate of drug-likeness (QED) is 0.816. The fourth-order valence-electron chi connectivity index (χ4n) is 1.97. The first-order valence-corrected chi connectivity index (χ1v) is 5.73. The van der Waals surface area contributed by atoms with Gasteiger partial charge in [0.2, 0.25) is 0 Å². The summed E-state index contributed by atoms with van der Waals surface area (Å²) in [5, 5.41) is 2.33. The molecule has 0 atom stereocenters. The number of nitrogens with zero attached hydrogens (tertiary/aromatic N) is 2. The highest BCUT2D eigenvalue weighted by molar-refractivity contribution is 5.16. The van der Waals surface area contributed by atoms with Crippen LogP contribution in [-0.4, -0.2) is 23.1 Å². The van der Waals surface area contributed by atoms with Gasteiger partial charge in [-0.1, -0.05) is 12.5 Å². The average molecular weight is 205 g/mol. The Balaban J connectivity index is 1.81. The molecule has 0 radical (unpaired) electrons. The number of hydrogen-bond donors (Lipinski definition) is 1. The van der Waals surface area contributed by atoms with Crippen molar-refractivity contribution < 1.29 is 0 Å². The smallest absolute Gasteiger partial charge is 0.0368 e. The molecule has 0 aromatic carbocycles. The zero-order valence-electron chi connectivity index (χ0n) is 9.37. The van der Waals surface area contributed by atoms with Gasteiger partial charge in [0.15, 0.2) is 0 Å². The van der Waals surface area contributed by atoms with Crippen LogP contribution in [-0.2, 0) is 6.54 Å². The highest BCUT2D eigenvalue weighted by Gasteiger charge is 2.08. The lowest BCUT2D eigenvalue weighted by atomic mass is 10.2. The molecule has 15 heavy (non-hydrogen) atoms. The van der Waals surface area contributed by atoms with Gasteiger partial charge in [0, 0.05) is 32.0 Å². The first-order chi connectivity index (χ1) is 7.34. The van der Waals surface area contributed by atoms with Crippen LogP contribution >= 0.6 is 0 Å². The predicted molar refractivity (Wildman–Crippen MR) is 61.2 cm³/mol. The van der Waals surface area contributed by atoms with Gasteiger partial charge in [-0.05, 0) is 30.9 Å². The molecule has 2 heterocycles. The molecule has 3 heteroatoms. The van der Waals surface area contributed by atoms with Crippen LogP contribution < -0.4 is 5.43 Å². The largest absolute Gasteiger partial charge is 0.264 e. The molecule has 0 unspecified atom stereocenters. The lowest BCUT2D eigenvalue weighted by Gasteiger charge is -2.27. The maximum Gasteiger partial charge on any atom is 0.0368 e. The third-order valence-corrected chi connectivity index (χ3v) is 2.79. The van der Waals surface area contributed by atoms with Crippen molar-refractivity contribution in [1.82, 2.24) is 15.4 Å². The van der Waals surface area contributed by atoms with Crippen LogP contribution in [0.4, 0.5) is 0 Å². The highest BCUT2D eigenvalue weighted by atomic mass is 15.5. The summed E-state index contributed by atoms with van der Waals surface area (Å²) in [6.45, 7) is 5.34. The van der Waals surface area contributed by atoms with Crippen LogP contribution in [0, 0.1) is 6.92 Å².